The van der Waals surface area contributed by atoms with Crippen LogP contribution >= 0.6 is 0 Å². The predicted octanol–water partition coefficient (Wildman–Crippen LogP) is 1.00. The standard InChI is InChI=1S/C15H26N2O4/c18-13(16-7-3-4-14(19)20)12-15(5-1-2-6-15)17-8-10-21-11-9-17/h1-12H2,(H,16,18)(H,19,20). The van der Waals surface area contributed by atoms with Crippen molar-refractivity contribution in [3.8, 4) is 0 Å². The molecule has 6 nitrogen and oxygen atoms in total. The number of aliphatic carboxylic acids is 1. The van der Waals surface area contributed by atoms with Gasteiger partial charge in [-0.2, -0.15) is 0 Å². The van der Waals surface area contributed by atoms with Gasteiger partial charge in [-0.1, -0.05) is 12.8 Å². The molecule has 0 aromatic rings. The highest BCUT2D eigenvalue weighted by molar-refractivity contribution is 5.77. The third-order valence-corrected chi connectivity index (χ3v) is 4.60. The zero-order chi connectivity index (χ0) is 15.1. The summed E-state index contributed by atoms with van der Waals surface area (Å²) in [7, 11) is 0. The fourth-order valence-electron chi connectivity index (χ4n) is 3.50. The van der Waals surface area contributed by atoms with Crippen LogP contribution in [0.2, 0.25) is 0 Å². The maximum atomic E-state index is 12.2. The van der Waals surface area contributed by atoms with Gasteiger partial charge in [0.15, 0.2) is 0 Å². The number of nitrogens with one attached hydrogen (secondary N) is 1. The van der Waals surface area contributed by atoms with Gasteiger partial charge in [0, 0.05) is 38.0 Å². The molecule has 120 valence electrons. The molecule has 2 rings (SSSR count). The Kier molecular flexibility index (Phi) is 5.99. The largest absolute Gasteiger partial charge is 0.481 e. The molecule has 21 heavy (non-hydrogen) atoms. The molecule has 1 aliphatic carbocycles. The molecule has 0 bridgehead atoms. The van der Waals surface area contributed by atoms with Gasteiger partial charge < -0.3 is 15.2 Å². The quantitative estimate of drug-likeness (QED) is 0.686. The van der Waals surface area contributed by atoms with E-state index in [4.69, 9.17) is 9.84 Å². The Morgan fingerprint density at radius 3 is 2.48 bits per heavy atom. The van der Waals surface area contributed by atoms with Crippen LogP contribution in [0.1, 0.15) is 44.9 Å². The van der Waals surface area contributed by atoms with E-state index in [-0.39, 0.29) is 17.9 Å². The number of carboxylic acids is 1. The van der Waals surface area contributed by atoms with E-state index >= 15 is 0 Å². The van der Waals surface area contributed by atoms with E-state index in [2.05, 4.69) is 10.2 Å². The average molecular weight is 298 g/mol. The zero-order valence-electron chi connectivity index (χ0n) is 12.6. The molecule has 1 amide bonds. The van der Waals surface area contributed by atoms with Crippen molar-refractivity contribution < 1.29 is 19.4 Å². The van der Waals surface area contributed by atoms with Crippen molar-refractivity contribution in [3.63, 3.8) is 0 Å². The summed E-state index contributed by atoms with van der Waals surface area (Å²) in [6.07, 6.45) is 5.65. The summed E-state index contributed by atoms with van der Waals surface area (Å²) in [5.74, 6) is -0.765. The van der Waals surface area contributed by atoms with Crippen LogP contribution in [-0.4, -0.2) is 60.3 Å². The number of hydrogen-bond acceptors (Lipinski definition) is 4. The lowest BCUT2D eigenvalue weighted by Crippen LogP contribution is -2.54. The molecule has 0 unspecified atom stereocenters. The lowest BCUT2D eigenvalue weighted by molar-refractivity contribution is -0.137. The van der Waals surface area contributed by atoms with Gasteiger partial charge in [0.05, 0.1) is 13.2 Å². The van der Waals surface area contributed by atoms with E-state index in [1.165, 1.54) is 12.8 Å². The topological polar surface area (TPSA) is 78.9 Å². The fourth-order valence-corrected chi connectivity index (χ4v) is 3.50. The van der Waals surface area contributed by atoms with Crippen molar-refractivity contribution in [3.05, 3.63) is 0 Å². The minimum atomic E-state index is -0.815. The second kappa shape index (κ2) is 7.75. The Labute approximate surface area is 125 Å². The molecule has 2 N–H and O–H groups in total. The maximum absolute atomic E-state index is 12.2. The number of amides is 1. The number of rotatable bonds is 7. The molecule has 6 heteroatoms. The molecule has 1 saturated carbocycles. The average Bonchev–Trinajstić information content (AvgIpc) is 2.94. The van der Waals surface area contributed by atoms with Gasteiger partial charge in [0.2, 0.25) is 5.91 Å². The van der Waals surface area contributed by atoms with E-state index in [1.54, 1.807) is 0 Å². The first kappa shape index (κ1) is 16.2. The number of carboxylic acid groups (broad SMARTS) is 1. The Bertz CT molecular complexity index is 361. The summed E-state index contributed by atoms with van der Waals surface area (Å²) in [5, 5.41) is 11.5. The first-order valence-corrected chi connectivity index (χ1v) is 7.94. The number of hydrogen-bond donors (Lipinski definition) is 2. The minimum Gasteiger partial charge on any atom is -0.481 e. The highest BCUT2D eigenvalue weighted by Gasteiger charge is 2.41. The van der Waals surface area contributed by atoms with Gasteiger partial charge in [0.1, 0.15) is 0 Å². The minimum absolute atomic E-state index is 0.000656. The SMILES string of the molecule is O=C(O)CCCNC(=O)CC1(N2CCOCC2)CCCC1. The number of carbonyl (C=O) groups excluding carboxylic acids is 1. The third-order valence-electron chi connectivity index (χ3n) is 4.60. The summed E-state index contributed by atoms with van der Waals surface area (Å²) in [4.78, 5) is 25.1. The number of carbonyl (C=O) groups is 2. The summed E-state index contributed by atoms with van der Waals surface area (Å²) in [6.45, 7) is 3.77. The van der Waals surface area contributed by atoms with Crippen molar-refractivity contribution in [1.82, 2.24) is 10.2 Å². The lowest BCUT2D eigenvalue weighted by atomic mass is 9.90. The molecule has 0 spiro atoms. The smallest absolute Gasteiger partial charge is 0.303 e. The van der Waals surface area contributed by atoms with E-state index in [0.717, 1.165) is 39.1 Å². The van der Waals surface area contributed by atoms with Gasteiger partial charge in [0.25, 0.3) is 0 Å². The van der Waals surface area contributed by atoms with Crippen LogP contribution in [0.4, 0.5) is 0 Å². The van der Waals surface area contributed by atoms with Crippen LogP contribution in [0.5, 0.6) is 0 Å². The summed E-state index contributed by atoms with van der Waals surface area (Å²) >= 11 is 0. The molecule has 2 fully saturated rings. The first-order chi connectivity index (χ1) is 10.1. The highest BCUT2D eigenvalue weighted by Crippen LogP contribution is 2.38. The summed E-state index contributed by atoms with van der Waals surface area (Å²) < 4.78 is 5.41. The number of morpholine rings is 1. The fraction of sp³-hybridized carbons (Fsp3) is 0.867. The van der Waals surface area contributed by atoms with Crippen LogP contribution in [0, 0.1) is 0 Å². The van der Waals surface area contributed by atoms with Gasteiger partial charge >= 0.3 is 5.97 Å². The first-order valence-electron chi connectivity index (χ1n) is 7.94. The Hall–Kier alpha value is -1.14. The van der Waals surface area contributed by atoms with Crippen LogP contribution < -0.4 is 5.32 Å². The van der Waals surface area contributed by atoms with E-state index in [9.17, 15) is 9.59 Å². The molecule has 1 heterocycles. The highest BCUT2D eigenvalue weighted by atomic mass is 16.5. The molecule has 0 atom stereocenters. The van der Waals surface area contributed by atoms with Crippen molar-refractivity contribution in [1.29, 1.82) is 0 Å². The lowest BCUT2D eigenvalue weighted by Gasteiger charge is -2.43. The Morgan fingerprint density at radius 1 is 1.19 bits per heavy atom. The van der Waals surface area contributed by atoms with Gasteiger partial charge in [-0.05, 0) is 19.3 Å². The van der Waals surface area contributed by atoms with Gasteiger partial charge in [-0.15, -0.1) is 0 Å². The second-order valence-corrected chi connectivity index (χ2v) is 6.05. The monoisotopic (exact) mass is 298 g/mol. The molecule has 0 radical (unpaired) electrons. The van der Waals surface area contributed by atoms with Gasteiger partial charge in [-0.3, -0.25) is 14.5 Å². The molecule has 0 aromatic carbocycles. The molecular formula is C15H26N2O4. The molecule has 0 aromatic heterocycles. The molecule has 1 saturated heterocycles. The van der Waals surface area contributed by atoms with Crippen LogP contribution in [0.3, 0.4) is 0 Å². The Balaban J connectivity index is 1.81. The molecular weight excluding hydrogens is 272 g/mol. The number of ether oxygens (including phenoxy) is 1. The van der Waals surface area contributed by atoms with E-state index < -0.39 is 5.97 Å². The van der Waals surface area contributed by atoms with Crippen LogP contribution in [0.25, 0.3) is 0 Å². The van der Waals surface area contributed by atoms with Crippen molar-refractivity contribution >= 4 is 11.9 Å². The normalized spacial score (nSPS) is 22.1. The zero-order valence-corrected chi connectivity index (χ0v) is 12.6. The van der Waals surface area contributed by atoms with Crippen molar-refractivity contribution in [2.75, 3.05) is 32.8 Å². The second-order valence-electron chi connectivity index (χ2n) is 6.05. The number of nitrogens with zero attached hydrogens (tertiary/aromatic N) is 1. The van der Waals surface area contributed by atoms with Crippen LogP contribution in [-0.2, 0) is 14.3 Å². The Morgan fingerprint density at radius 2 is 1.86 bits per heavy atom. The summed E-state index contributed by atoms with van der Waals surface area (Å²) in [6, 6.07) is 0. The molecule has 1 aliphatic heterocycles. The molecule has 2 aliphatic rings. The van der Waals surface area contributed by atoms with Crippen molar-refractivity contribution in [2.24, 2.45) is 0 Å². The van der Waals surface area contributed by atoms with Crippen LogP contribution in [0.15, 0.2) is 0 Å². The predicted molar refractivity (Wildman–Crippen MR) is 78.1 cm³/mol. The van der Waals surface area contributed by atoms with Crippen molar-refractivity contribution in [2.45, 2.75) is 50.5 Å². The van der Waals surface area contributed by atoms with E-state index in [0.29, 0.717) is 19.4 Å². The third kappa shape index (κ3) is 4.68. The maximum Gasteiger partial charge on any atom is 0.303 e. The van der Waals surface area contributed by atoms with Gasteiger partial charge in [-0.25, -0.2) is 0 Å². The summed E-state index contributed by atoms with van der Waals surface area (Å²) in [5.41, 5.74) is 0.000656. The van der Waals surface area contributed by atoms with E-state index in [1.807, 2.05) is 0 Å².